The third kappa shape index (κ3) is 2.50. The Hall–Kier alpha value is -2.15. The van der Waals surface area contributed by atoms with E-state index in [0.717, 1.165) is 5.56 Å². The largest absolute Gasteiger partial charge is 0.368 e. The zero-order valence-electron chi connectivity index (χ0n) is 10.6. The number of hydrogen-bond donors (Lipinski definition) is 1. The summed E-state index contributed by atoms with van der Waals surface area (Å²) in [6.07, 6.45) is 2.40. The first-order valence-corrected chi connectivity index (χ1v) is 6.99. The van der Waals surface area contributed by atoms with Crippen molar-refractivity contribution in [1.29, 1.82) is 0 Å². The number of anilines is 2. The van der Waals surface area contributed by atoms with Crippen LogP contribution in [-0.4, -0.2) is 25.4 Å². The molecule has 0 amide bonds. The molecule has 0 saturated heterocycles. The van der Waals surface area contributed by atoms with Crippen LogP contribution in [0.15, 0.2) is 41.6 Å². The second-order valence-electron chi connectivity index (χ2n) is 4.04. The van der Waals surface area contributed by atoms with Gasteiger partial charge in [0.25, 0.3) is 10.0 Å². The van der Waals surface area contributed by atoms with Crippen LogP contribution in [-0.2, 0) is 10.0 Å². The highest BCUT2D eigenvalue weighted by Crippen LogP contribution is 2.24. The first-order chi connectivity index (χ1) is 8.93. The molecule has 0 radical (unpaired) electrons. The molecule has 1 heterocycles. The van der Waals surface area contributed by atoms with E-state index in [-0.39, 0.29) is 10.8 Å². The van der Waals surface area contributed by atoms with Gasteiger partial charge in [-0.25, -0.2) is 18.4 Å². The van der Waals surface area contributed by atoms with Crippen LogP contribution in [0.3, 0.4) is 0 Å². The smallest absolute Gasteiger partial charge is 0.267 e. The van der Waals surface area contributed by atoms with Gasteiger partial charge in [-0.15, -0.1) is 0 Å². The summed E-state index contributed by atoms with van der Waals surface area (Å²) in [4.78, 5) is 7.42. The van der Waals surface area contributed by atoms with Gasteiger partial charge in [0.1, 0.15) is 4.90 Å². The minimum absolute atomic E-state index is 0.00690. The summed E-state index contributed by atoms with van der Waals surface area (Å²) < 4.78 is 26.0. The number of para-hydroxylation sites is 1. The third-order valence-electron chi connectivity index (χ3n) is 2.76. The van der Waals surface area contributed by atoms with Crippen LogP contribution in [0.5, 0.6) is 0 Å². The van der Waals surface area contributed by atoms with Crippen LogP contribution in [0.4, 0.5) is 11.6 Å². The minimum atomic E-state index is -3.68. The van der Waals surface area contributed by atoms with Crippen LogP contribution in [0, 0.1) is 6.92 Å². The fraction of sp³-hybridized carbons (Fsp3) is 0.167. The van der Waals surface area contributed by atoms with Crippen LogP contribution >= 0.6 is 0 Å². The van der Waals surface area contributed by atoms with E-state index in [9.17, 15) is 8.42 Å². The van der Waals surface area contributed by atoms with Crippen LogP contribution in [0.25, 0.3) is 0 Å². The Morgan fingerprint density at radius 2 is 1.74 bits per heavy atom. The molecule has 0 unspecified atom stereocenters. The second-order valence-corrected chi connectivity index (χ2v) is 6.01. The normalized spacial score (nSPS) is 11.3. The number of nitrogen functional groups attached to an aromatic ring is 1. The fourth-order valence-corrected chi connectivity index (χ4v) is 2.82. The van der Waals surface area contributed by atoms with Gasteiger partial charge in [-0.2, -0.15) is 0 Å². The lowest BCUT2D eigenvalue weighted by Crippen LogP contribution is -2.27. The standard InChI is InChI=1S/C12H14N4O2S/c1-9-5-3-4-6-11(9)16(2)19(17,18)10-7-14-12(13)15-8-10/h3-8H,1-2H3,(H2,13,14,15). The Morgan fingerprint density at radius 1 is 1.16 bits per heavy atom. The summed E-state index contributed by atoms with van der Waals surface area (Å²) in [5.74, 6) is 0.0393. The molecule has 6 nitrogen and oxygen atoms in total. The van der Waals surface area contributed by atoms with E-state index in [1.807, 2.05) is 19.1 Å². The highest BCUT2D eigenvalue weighted by atomic mass is 32.2. The average Bonchev–Trinajstić information content (AvgIpc) is 2.39. The molecule has 0 saturated carbocycles. The van der Waals surface area contributed by atoms with Gasteiger partial charge in [0, 0.05) is 7.05 Å². The van der Waals surface area contributed by atoms with Crippen LogP contribution < -0.4 is 10.0 Å². The van der Waals surface area contributed by atoms with Gasteiger partial charge in [0.05, 0.1) is 18.1 Å². The number of benzene rings is 1. The van der Waals surface area contributed by atoms with E-state index in [1.54, 1.807) is 12.1 Å². The number of nitrogens with zero attached hydrogens (tertiary/aromatic N) is 3. The molecule has 1 aromatic carbocycles. The van der Waals surface area contributed by atoms with E-state index in [4.69, 9.17) is 5.73 Å². The molecule has 0 aliphatic heterocycles. The summed E-state index contributed by atoms with van der Waals surface area (Å²) in [6, 6.07) is 7.23. The van der Waals surface area contributed by atoms with E-state index < -0.39 is 10.0 Å². The molecule has 2 aromatic rings. The van der Waals surface area contributed by atoms with E-state index >= 15 is 0 Å². The zero-order valence-corrected chi connectivity index (χ0v) is 11.4. The number of aryl methyl sites for hydroxylation is 1. The quantitative estimate of drug-likeness (QED) is 0.911. The van der Waals surface area contributed by atoms with Crippen LogP contribution in [0.2, 0.25) is 0 Å². The molecular weight excluding hydrogens is 264 g/mol. The predicted molar refractivity (Wildman–Crippen MR) is 73.2 cm³/mol. The maximum absolute atomic E-state index is 12.4. The minimum Gasteiger partial charge on any atom is -0.368 e. The van der Waals surface area contributed by atoms with E-state index in [0.29, 0.717) is 5.69 Å². The van der Waals surface area contributed by atoms with E-state index in [2.05, 4.69) is 9.97 Å². The zero-order chi connectivity index (χ0) is 14.0. The second kappa shape index (κ2) is 4.85. The Morgan fingerprint density at radius 3 is 2.32 bits per heavy atom. The fourth-order valence-electron chi connectivity index (χ4n) is 1.66. The molecule has 100 valence electrons. The van der Waals surface area contributed by atoms with Crippen molar-refractivity contribution < 1.29 is 8.42 Å². The van der Waals surface area contributed by atoms with Crippen molar-refractivity contribution in [2.24, 2.45) is 0 Å². The first kappa shape index (κ1) is 13.3. The topological polar surface area (TPSA) is 89.2 Å². The van der Waals surface area contributed by atoms with Gasteiger partial charge in [-0.1, -0.05) is 18.2 Å². The number of aromatic nitrogens is 2. The van der Waals surface area contributed by atoms with Gasteiger partial charge in [-0.3, -0.25) is 4.31 Å². The molecule has 2 N–H and O–H groups in total. The highest BCUT2D eigenvalue weighted by molar-refractivity contribution is 7.92. The molecule has 7 heteroatoms. The van der Waals surface area contributed by atoms with Crippen molar-refractivity contribution in [3.63, 3.8) is 0 Å². The SMILES string of the molecule is Cc1ccccc1N(C)S(=O)(=O)c1cnc(N)nc1. The number of hydrogen-bond acceptors (Lipinski definition) is 5. The lowest BCUT2D eigenvalue weighted by molar-refractivity contribution is 0.593. The Labute approximate surface area is 112 Å². The molecule has 0 spiro atoms. The van der Waals surface area contributed by atoms with Gasteiger partial charge in [0.15, 0.2) is 0 Å². The number of nitrogens with two attached hydrogens (primary N) is 1. The van der Waals surface area contributed by atoms with Crippen LogP contribution in [0.1, 0.15) is 5.56 Å². The van der Waals surface area contributed by atoms with Crippen molar-refractivity contribution in [2.75, 3.05) is 17.1 Å². The van der Waals surface area contributed by atoms with Gasteiger partial charge < -0.3 is 5.73 Å². The van der Waals surface area contributed by atoms with Crippen molar-refractivity contribution in [2.45, 2.75) is 11.8 Å². The molecule has 0 fully saturated rings. The summed E-state index contributed by atoms with van der Waals surface area (Å²) in [6.45, 7) is 1.85. The Kier molecular flexibility index (Phi) is 3.39. The highest BCUT2D eigenvalue weighted by Gasteiger charge is 2.23. The average molecular weight is 278 g/mol. The van der Waals surface area contributed by atoms with Crippen molar-refractivity contribution in [3.05, 3.63) is 42.2 Å². The molecule has 0 bridgehead atoms. The van der Waals surface area contributed by atoms with Crippen molar-refractivity contribution >= 4 is 21.7 Å². The lowest BCUT2D eigenvalue weighted by atomic mass is 10.2. The monoisotopic (exact) mass is 278 g/mol. The molecule has 1 aromatic heterocycles. The molecule has 0 aliphatic rings. The number of rotatable bonds is 3. The molecule has 2 rings (SSSR count). The Balaban J connectivity index is 2.45. The summed E-state index contributed by atoms with van der Waals surface area (Å²) in [5, 5.41) is 0. The molecular formula is C12H14N4O2S. The molecule has 0 atom stereocenters. The molecule has 0 aliphatic carbocycles. The summed E-state index contributed by atoms with van der Waals surface area (Å²) >= 11 is 0. The van der Waals surface area contributed by atoms with Crippen molar-refractivity contribution in [1.82, 2.24) is 9.97 Å². The summed E-state index contributed by atoms with van der Waals surface area (Å²) in [7, 11) is -2.18. The van der Waals surface area contributed by atoms with Crippen molar-refractivity contribution in [3.8, 4) is 0 Å². The van der Waals surface area contributed by atoms with E-state index in [1.165, 1.54) is 23.7 Å². The maximum Gasteiger partial charge on any atom is 0.267 e. The van der Waals surface area contributed by atoms with Gasteiger partial charge in [0.2, 0.25) is 5.95 Å². The maximum atomic E-state index is 12.4. The Bertz CT molecular complexity index is 683. The summed E-state index contributed by atoms with van der Waals surface area (Å²) in [5.41, 5.74) is 6.83. The van der Waals surface area contributed by atoms with Gasteiger partial charge >= 0.3 is 0 Å². The third-order valence-corrected chi connectivity index (χ3v) is 4.49. The first-order valence-electron chi connectivity index (χ1n) is 5.55. The number of sulfonamides is 1. The lowest BCUT2D eigenvalue weighted by Gasteiger charge is -2.20. The molecule has 19 heavy (non-hydrogen) atoms. The predicted octanol–water partition coefficient (Wildman–Crippen LogP) is 1.19. The van der Waals surface area contributed by atoms with Gasteiger partial charge in [-0.05, 0) is 18.6 Å².